The fourth-order valence-electron chi connectivity index (χ4n) is 3.45. The molecule has 0 bridgehead atoms. The molecule has 0 atom stereocenters. The van der Waals surface area contributed by atoms with Crippen molar-refractivity contribution in [3.05, 3.63) is 58.1 Å². The van der Waals surface area contributed by atoms with Gasteiger partial charge in [-0.1, -0.05) is 12.1 Å². The summed E-state index contributed by atoms with van der Waals surface area (Å²) in [6.07, 6.45) is 2.03. The highest BCUT2D eigenvalue weighted by Gasteiger charge is 2.28. The lowest BCUT2D eigenvalue weighted by Crippen LogP contribution is -2.48. The van der Waals surface area contributed by atoms with Crippen molar-refractivity contribution in [1.82, 2.24) is 4.90 Å². The Morgan fingerprint density at radius 2 is 1.82 bits per heavy atom. The number of nitro benzene ring substituents is 1. The normalized spacial score (nSPS) is 16.7. The van der Waals surface area contributed by atoms with E-state index in [9.17, 15) is 20.0 Å². The van der Waals surface area contributed by atoms with Crippen LogP contribution in [0.3, 0.4) is 0 Å². The Morgan fingerprint density at radius 3 is 2.46 bits per heavy atom. The van der Waals surface area contributed by atoms with Gasteiger partial charge in [0.2, 0.25) is 0 Å². The van der Waals surface area contributed by atoms with Crippen LogP contribution in [0.15, 0.2) is 42.5 Å². The van der Waals surface area contributed by atoms with Crippen molar-refractivity contribution in [2.75, 3.05) is 36.4 Å². The van der Waals surface area contributed by atoms with E-state index in [0.29, 0.717) is 43.5 Å². The van der Waals surface area contributed by atoms with Crippen LogP contribution in [-0.4, -0.2) is 53.1 Å². The van der Waals surface area contributed by atoms with Gasteiger partial charge in [-0.15, -0.1) is 0 Å². The third-order valence-electron chi connectivity index (χ3n) is 5.17. The minimum absolute atomic E-state index is 0.0643. The SMILES string of the molecule is O=C(c1ccc(NC2CC2)c([N+](=O)[O-])c1)N1CCN(c2ccccc2O)CC1. The molecule has 2 aromatic carbocycles. The van der Waals surface area contributed by atoms with E-state index in [0.717, 1.165) is 18.5 Å². The smallest absolute Gasteiger partial charge is 0.293 e. The van der Waals surface area contributed by atoms with Crippen molar-refractivity contribution >= 4 is 23.0 Å². The molecule has 1 saturated carbocycles. The number of rotatable bonds is 5. The second-order valence-electron chi connectivity index (χ2n) is 7.18. The molecule has 1 aliphatic carbocycles. The standard InChI is InChI=1S/C20H22N4O4/c25-19-4-2-1-3-17(19)22-9-11-23(12-10-22)20(26)14-5-8-16(21-15-6-7-15)18(13-14)24(27)28/h1-5,8,13,15,21,25H,6-7,9-12H2. The molecule has 1 heterocycles. The molecule has 8 nitrogen and oxygen atoms in total. The summed E-state index contributed by atoms with van der Waals surface area (Å²) in [6, 6.07) is 12.1. The highest BCUT2D eigenvalue weighted by Crippen LogP contribution is 2.32. The van der Waals surface area contributed by atoms with Crippen molar-refractivity contribution in [2.24, 2.45) is 0 Å². The van der Waals surface area contributed by atoms with Crippen LogP contribution in [-0.2, 0) is 0 Å². The van der Waals surface area contributed by atoms with E-state index in [4.69, 9.17) is 0 Å². The topological polar surface area (TPSA) is 98.9 Å². The molecule has 146 valence electrons. The number of nitrogens with zero attached hydrogens (tertiary/aromatic N) is 3. The van der Waals surface area contributed by atoms with E-state index in [-0.39, 0.29) is 17.3 Å². The summed E-state index contributed by atoms with van der Waals surface area (Å²) in [7, 11) is 0. The fourth-order valence-corrected chi connectivity index (χ4v) is 3.45. The number of aromatic hydroxyl groups is 1. The third-order valence-corrected chi connectivity index (χ3v) is 5.17. The van der Waals surface area contributed by atoms with Crippen LogP contribution in [0.1, 0.15) is 23.2 Å². The maximum atomic E-state index is 12.8. The summed E-state index contributed by atoms with van der Waals surface area (Å²) in [5, 5.41) is 24.6. The number of anilines is 2. The first kappa shape index (κ1) is 18.1. The number of nitro groups is 1. The van der Waals surface area contributed by atoms with Crippen LogP contribution in [0.25, 0.3) is 0 Å². The molecule has 1 saturated heterocycles. The average molecular weight is 382 g/mol. The van der Waals surface area contributed by atoms with Crippen molar-refractivity contribution in [3.63, 3.8) is 0 Å². The number of nitrogens with one attached hydrogen (secondary N) is 1. The van der Waals surface area contributed by atoms with E-state index in [2.05, 4.69) is 5.32 Å². The Kier molecular flexibility index (Phi) is 4.77. The second-order valence-corrected chi connectivity index (χ2v) is 7.18. The Hall–Kier alpha value is -3.29. The molecule has 2 fully saturated rings. The van der Waals surface area contributed by atoms with Gasteiger partial charge in [-0.3, -0.25) is 14.9 Å². The van der Waals surface area contributed by atoms with Crippen LogP contribution in [0, 0.1) is 10.1 Å². The molecular formula is C20H22N4O4. The minimum Gasteiger partial charge on any atom is -0.506 e. The van der Waals surface area contributed by atoms with Gasteiger partial charge in [0.25, 0.3) is 11.6 Å². The van der Waals surface area contributed by atoms with E-state index in [1.165, 1.54) is 6.07 Å². The number of hydrogen-bond donors (Lipinski definition) is 2. The molecule has 4 rings (SSSR count). The molecule has 0 radical (unpaired) electrons. The van der Waals surface area contributed by atoms with Crippen LogP contribution in [0.2, 0.25) is 0 Å². The molecule has 1 aliphatic heterocycles. The zero-order valence-corrected chi connectivity index (χ0v) is 15.4. The molecule has 0 spiro atoms. The number of piperazine rings is 1. The van der Waals surface area contributed by atoms with Gasteiger partial charge in [-0.05, 0) is 37.1 Å². The summed E-state index contributed by atoms with van der Waals surface area (Å²) in [5.74, 6) is 0.00894. The van der Waals surface area contributed by atoms with E-state index in [1.807, 2.05) is 17.0 Å². The maximum Gasteiger partial charge on any atom is 0.293 e. The summed E-state index contributed by atoms with van der Waals surface area (Å²) in [5.41, 5.74) is 1.48. The predicted octanol–water partition coefficient (Wildman–Crippen LogP) is 2.84. The number of benzene rings is 2. The lowest BCUT2D eigenvalue weighted by atomic mass is 10.1. The summed E-state index contributed by atoms with van der Waals surface area (Å²) in [6.45, 7) is 2.16. The molecule has 2 aromatic rings. The number of phenolic OH excluding ortho intramolecular Hbond substituents is 1. The van der Waals surface area contributed by atoms with Gasteiger partial charge in [0.1, 0.15) is 11.4 Å². The van der Waals surface area contributed by atoms with Crippen LogP contribution in [0.5, 0.6) is 5.75 Å². The highest BCUT2D eigenvalue weighted by atomic mass is 16.6. The number of amides is 1. The van der Waals surface area contributed by atoms with E-state index >= 15 is 0 Å². The third kappa shape index (κ3) is 3.71. The molecule has 28 heavy (non-hydrogen) atoms. The Bertz CT molecular complexity index is 905. The Labute approximate surface area is 162 Å². The van der Waals surface area contributed by atoms with Crippen molar-refractivity contribution in [3.8, 4) is 5.75 Å². The first-order valence-corrected chi connectivity index (χ1v) is 9.40. The van der Waals surface area contributed by atoms with Gasteiger partial charge in [0.05, 0.1) is 10.6 Å². The van der Waals surface area contributed by atoms with Gasteiger partial charge in [-0.2, -0.15) is 0 Å². The van der Waals surface area contributed by atoms with Crippen LogP contribution >= 0.6 is 0 Å². The van der Waals surface area contributed by atoms with Crippen molar-refractivity contribution < 1.29 is 14.8 Å². The Balaban J connectivity index is 1.45. The van der Waals surface area contributed by atoms with Crippen molar-refractivity contribution in [1.29, 1.82) is 0 Å². The molecular weight excluding hydrogens is 360 g/mol. The first-order valence-electron chi connectivity index (χ1n) is 9.40. The van der Waals surface area contributed by atoms with Crippen LogP contribution in [0.4, 0.5) is 17.1 Å². The first-order chi connectivity index (χ1) is 13.5. The number of hydrogen-bond acceptors (Lipinski definition) is 6. The molecule has 0 unspecified atom stereocenters. The van der Waals surface area contributed by atoms with Gasteiger partial charge in [-0.25, -0.2) is 0 Å². The quantitative estimate of drug-likeness (QED) is 0.609. The van der Waals surface area contributed by atoms with E-state index < -0.39 is 4.92 Å². The average Bonchev–Trinajstić information content (AvgIpc) is 3.52. The minimum atomic E-state index is -0.447. The predicted molar refractivity (Wildman–Crippen MR) is 106 cm³/mol. The zero-order chi connectivity index (χ0) is 19.7. The van der Waals surface area contributed by atoms with Gasteiger partial charge in [0, 0.05) is 43.9 Å². The summed E-state index contributed by atoms with van der Waals surface area (Å²) in [4.78, 5) is 27.5. The number of para-hydroxylation sites is 2. The second kappa shape index (κ2) is 7.38. The molecule has 1 amide bonds. The number of carbonyl (C=O) groups is 1. The summed E-state index contributed by atoms with van der Waals surface area (Å²) < 4.78 is 0. The van der Waals surface area contributed by atoms with Gasteiger partial charge in [0.15, 0.2) is 0 Å². The van der Waals surface area contributed by atoms with E-state index in [1.54, 1.807) is 29.2 Å². The van der Waals surface area contributed by atoms with Gasteiger partial charge >= 0.3 is 0 Å². The van der Waals surface area contributed by atoms with Crippen molar-refractivity contribution in [2.45, 2.75) is 18.9 Å². The molecule has 0 aromatic heterocycles. The lowest BCUT2D eigenvalue weighted by Gasteiger charge is -2.36. The summed E-state index contributed by atoms with van der Waals surface area (Å²) >= 11 is 0. The van der Waals surface area contributed by atoms with Gasteiger partial charge < -0.3 is 20.2 Å². The van der Waals surface area contributed by atoms with Crippen LogP contribution < -0.4 is 10.2 Å². The molecule has 2 N–H and O–H groups in total. The molecule has 8 heteroatoms. The monoisotopic (exact) mass is 382 g/mol. The number of carbonyl (C=O) groups excluding carboxylic acids is 1. The maximum absolute atomic E-state index is 12.8. The largest absolute Gasteiger partial charge is 0.506 e. The lowest BCUT2D eigenvalue weighted by molar-refractivity contribution is -0.384. The zero-order valence-electron chi connectivity index (χ0n) is 15.4. The number of phenols is 1. The fraction of sp³-hybridized carbons (Fsp3) is 0.350. The Morgan fingerprint density at radius 1 is 1.11 bits per heavy atom. The highest BCUT2D eigenvalue weighted by molar-refractivity contribution is 5.96. The molecule has 2 aliphatic rings.